The van der Waals surface area contributed by atoms with E-state index in [0.717, 1.165) is 21.7 Å². The number of pyridine rings is 1. The molecule has 1 aliphatic rings. The lowest BCUT2D eigenvalue weighted by molar-refractivity contribution is 0.157. The summed E-state index contributed by atoms with van der Waals surface area (Å²) in [6.07, 6.45) is 5.66. The number of likely N-dealkylation sites (N-methyl/N-ethyl adjacent to an activating group) is 1. The summed E-state index contributed by atoms with van der Waals surface area (Å²) in [6.45, 7) is 3.52. The van der Waals surface area contributed by atoms with Crippen LogP contribution < -0.4 is 5.32 Å². The summed E-state index contributed by atoms with van der Waals surface area (Å²) >= 11 is 3.54. The quantitative estimate of drug-likeness (QED) is 0.434. The average molecular weight is 409 g/mol. The number of thiazole rings is 1. The highest BCUT2D eigenvalue weighted by Gasteiger charge is 2.30. The van der Waals surface area contributed by atoms with Crippen molar-refractivity contribution in [2.45, 2.75) is 38.1 Å². The van der Waals surface area contributed by atoms with E-state index in [-0.39, 0.29) is 0 Å². The lowest BCUT2D eigenvalue weighted by Crippen LogP contribution is -2.40. The molecule has 0 bridgehead atoms. The summed E-state index contributed by atoms with van der Waals surface area (Å²) in [6, 6.07) is 11.5. The van der Waals surface area contributed by atoms with E-state index in [1.165, 1.54) is 40.8 Å². The van der Waals surface area contributed by atoms with E-state index in [9.17, 15) is 0 Å². The first-order chi connectivity index (χ1) is 13.7. The van der Waals surface area contributed by atoms with Crippen molar-refractivity contribution in [1.29, 1.82) is 0 Å². The number of nitrogens with zero attached hydrogens (tertiary/aromatic N) is 3. The zero-order chi connectivity index (χ0) is 19.1. The van der Waals surface area contributed by atoms with Crippen molar-refractivity contribution in [3.63, 3.8) is 0 Å². The van der Waals surface area contributed by atoms with Crippen LogP contribution in [0.4, 0.5) is 11.4 Å². The number of thiophene rings is 1. The van der Waals surface area contributed by atoms with E-state index < -0.39 is 0 Å². The second-order valence-electron chi connectivity index (χ2n) is 7.59. The van der Waals surface area contributed by atoms with Crippen molar-refractivity contribution in [3.05, 3.63) is 46.9 Å². The second kappa shape index (κ2) is 7.43. The molecule has 4 heterocycles. The van der Waals surface area contributed by atoms with Crippen LogP contribution in [0.2, 0.25) is 0 Å². The van der Waals surface area contributed by atoms with Gasteiger partial charge in [-0.1, -0.05) is 6.92 Å². The molecule has 6 heteroatoms. The minimum atomic E-state index is 0.613. The van der Waals surface area contributed by atoms with Crippen LogP contribution in [0.5, 0.6) is 0 Å². The Morgan fingerprint density at radius 1 is 1.21 bits per heavy atom. The van der Waals surface area contributed by atoms with E-state index in [1.807, 2.05) is 23.0 Å². The van der Waals surface area contributed by atoms with Gasteiger partial charge < -0.3 is 10.2 Å². The van der Waals surface area contributed by atoms with Gasteiger partial charge in [-0.05, 0) is 63.2 Å². The van der Waals surface area contributed by atoms with Gasteiger partial charge in [0.25, 0.3) is 0 Å². The molecule has 1 unspecified atom stereocenters. The number of rotatable bonds is 4. The summed E-state index contributed by atoms with van der Waals surface area (Å²) in [4.78, 5) is 14.2. The molecule has 4 aromatic rings. The minimum absolute atomic E-state index is 0.613. The first kappa shape index (κ1) is 18.0. The number of hydrogen-bond donors (Lipinski definition) is 1. The largest absolute Gasteiger partial charge is 0.355 e. The van der Waals surface area contributed by atoms with Crippen LogP contribution in [0.3, 0.4) is 0 Å². The third-order valence-electron chi connectivity index (χ3n) is 5.90. The molecule has 0 spiro atoms. The molecule has 0 amide bonds. The fourth-order valence-corrected chi connectivity index (χ4v) is 6.37. The highest BCUT2D eigenvalue weighted by atomic mass is 32.1. The molecule has 0 aliphatic carbocycles. The molecular weight excluding hydrogens is 384 g/mol. The Morgan fingerprint density at radius 2 is 2.14 bits per heavy atom. The van der Waals surface area contributed by atoms with Crippen LogP contribution in [0.25, 0.3) is 20.4 Å². The van der Waals surface area contributed by atoms with E-state index >= 15 is 0 Å². The average Bonchev–Trinajstić information content (AvgIpc) is 3.34. The molecule has 0 radical (unpaired) electrons. The van der Waals surface area contributed by atoms with Crippen molar-refractivity contribution >= 4 is 54.5 Å². The van der Waals surface area contributed by atoms with Gasteiger partial charge in [-0.2, -0.15) is 0 Å². The van der Waals surface area contributed by atoms with E-state index in [1.54, 1.807) is 11.3 Å². The van der Waals surface area contributed by atoms with Crippen LogP contribution in [-0.4, -0.2) is 34.5 Å². The number of fused-ring (bicyclic) bond motifs is 2. The highest BCUT2D eigenvalue weighted by Crippen LogP contribution is 2.41. The molecule has 0 saturated carbocycles. The number of benzene rings is 1. The number of hydrogen-bond acceptors (Lipinski definition) is 6. The standard InChI is InChI=1S/C22H24N4S2/c1-3-19-15(5-4-10-26(19)2)21-12-16-17(8-9-23-22(16)28-21)25-14-6-7-20-18(11-14)24-13-27-20/h6-9,11-13,15,19H,3-5,10H2,1-2H3,(H,23,25)/t15?,19-/m0/s1. The van der Waals surface area contributed by atoms with Gasteiger partial charge in [-0.3, -0.25) is 0 Å². The zero-order valence-electron chi connectivity index (χ0n) is 16.2. The smallest absolute Gasteiger partial charge is 0.125 e. The van der Waals surface area contributed by atoms with Gasteiger partial charge in [-0.25, -0.2) is 9.97 Å². The molecule has 3 aromatic heterocycles. The summed E-state index contributed by atoms with van der Waals surface area (Å²) in [5.74, 6) is 0.613. The Morgan fingerprint density at radius 3 is 3.04 bits per heavy atom. The van der Waals surface area contributed by atoms with E-state index in [4.69, 9.17) is 0 Å². The molecule has 2 atom stereocenters. The highest BCUT2D eigenvalue weighted by molar-refractivity contribution is 7.18. The maximum atomic E-state index is 4.66. The fraction of sp³-hybridized carbons (Fsp3) is 0.364. The molecular formula is C22H24N4S2. The van der Waals surface area contributed by atoms with Gasteiger partial charge in [0.1, 0.15) is 4.83 Å². The third kappa shape index (κ3) is 3.19. The molecule has 1 fully saturated rings. The predicted molar refractivity (Wildman–Crippen MR) is 121 cm³/mol. The Balaban J connectivity index is 1.50. The predicted octanol–water partition coefficient (Wildman–Crippen LogP) is 6.24. The maximum Gasteiger partial charge on any atom is 0.125 e. The van der Waals surface area contributed by atoms with E-state index in [2.05, 4.69) is 64.5 Å². The Kier molecular flexibility index (Phi) is 4.78. The molecule has 1 aliphatic heterocycles. The van der Waals surface area contributed by atoms with Crippen molar-refractivity contribution in [2.24, 2.45) is 0 Å². The van der Waals surface area contributed by atoms with Crippen LogP contribution in [0, 0.1) is 0 Å². The van der Waals surface area contributed by atoms with Crippen LogP contribution in [-0.2, 0) is 0 Å². The minimum Gasteiger partial charge on any atom is -0.355 e. The normalized spacial score (nSPS) is 20.8. The molecule has 4 nitrogen and oxygen atoms in total. The SMILES string of the molecule is CC[C@H]1C(c2cc3c(Nc4ccc5scnc5c4)ccnc3s2)CCCN1C. The summed E-state index contributed by atoms with van der Waals surface area (Å²) in [7, 11) is 2.27. The molecule has 144 valence electrons. The van der Waals surface area contributed by atoms with Gasteiger partial charge in [0.15, 0.2) is 0 Å². The summed E-state index contributed by atoms with van der Waals surface area (Å²) in [5, 5.41) is 4.83. The molecule has 1 N–H and O–H groups in total. The van der Waals surface area contributed by atoms with Crippen LogP contribution in [0.15, 0.2) is 42.0 Å². The lowest BCUT2D eigenvalue weighted by Gasteiger charge is -2.38. The molecule has 1 aromatic carbocycles. The lowest BCUT2D eigenvalue weighted by atomic mass is 9.86. The number of nitrogens with one attached hydrogen (secondary N) is 1. The molecule has 28 heavy (non-hydrogen) atoms. The van der Waals surface area contributed by atoms with Crippen LogP contribution in [0.1, 0.15) is 37.0 Å². The summed E-state index contributed by atoms with van der Waals surface area (Å²) in [5.41, 5.74) is 5.14. The maximum absolute atomic E-state index is 4.66. The van der Waals surface area contributed by atoms with Crippen molar-refractivity contribution in [1.82, 2.24) is 14.9 Å². The van der Waals surface area contributed by atoms with Gasteiger partial charge in [-0.15, -0.1) is 22.7 Å². The first-order valence-corrected chi connectivity index (χ1v) is 11.6. The number of aromatic nitrogens is 2. The Bertz CT molecular complexity index is 1120. The van der Waals surface area contributed by atoms with Crippen LogP contribution >= 0.6 is 22.7 Å². The third-order valence-corrected chi connectivity index (χ3v) is 7.89. The fourth-order valence-electron chi connectivity index (χ4n) is 4.50. The molecule has 1 saturated heterocycles. The monoisotopic (exact) mass is 408 g/mol. The summed E-state index contributed by atoms with van der Waals surface area (Å²) < 4.78 is 1.22. The molecule has 5 rings (SSSR count). The first-order valence-electron chi connectivity index (χ1n) is 9.92. The van der Waals surface area contributed by atoms with Crippen molar-refractivity contribution in [3.8, 4) is 0 Å². The zero-order valence-corrected chi connectivity index (χ0v) is 17.8. The van der Waals surface area contributed by atoms with Crippen molar-refractivity contribution < 1.29 is 0 Å². The van der Waals surface area contributed by atoms with Gasteiger partial charge >= 0.3 is 0 Å². The number of likely N-dealkylation sites (tertiary alicyclic amines) is 1. The van der Waals surface area contributed by atoms with Gasteiger partial charge in [0.2, 0.25) is 0 Å². The Labute approximate surface area is 173 Å². The second-order valence-corrected chi connectivity index (χ2v) is 9.54. The van der Waals surface area contributed by atoms with Crippen molar-refractivity contribution in [2.75, 3.05) is 18.9 Å². The number of piperidine rings is 1. The van der Waals surface area contributed by atoms with Gasteiger partial charge in [0.05, 0.1) is 21.4 Å². The number of anilines is 2. The van der Waals surface area contributed by atoms with E-state index in [0.29, 0.717) is 12.0 Å². The Hall–Kier alpha value is -2.02. The van der Waals surface area contributed by atoms with Gasteiger partial charge in [0, 0.05) is 34.1 Å². The topological polar surface area (TPSA) is 41.1 Å².